The molecule has 0 unspecified atom stereocenters. The highest BCUT2D eigenvalue weighted by Crippen LogP contribution is 2.31. The molecule has 3 rings (SSSR count). The predicted molar refractivity (Wildman–Crippen MR) is 87.7 cm³/mol. The summed E-state index contributed by atoms with van der Waals surface area (Å²) in [6, 6.07) is 3.57. The molecule has 0 aromatic carbocycles. The molecule has 130 valence electrons. The fraction of sp³-hybridized carbons (Fsp3) is 0.611. The molecule has 1 aromatic rings. The van der Waals surface area contributed by atoms with Gasteiger partial charge in [-0.05, 0) is 30.5 Å². The first-order valence-corrected chi connectivity index (χ1v) is 8.73. The smallest absolute Gasteiger partial charge is 0.258 e. The average molecular weight is 333 g/mol. The van der Waals surface area contributed by atoms with Crippen LogP contribution in [-0.4, -0.2) is 40.5 Å². The summed E-state index contributed by atoms with van der Waals surface area (Å²) in [7, 11) is 0. The van der Waals surface area contributed by atoms with Crippen LogP contribution in [0.3, 0.4) is 0 Å². The molecule has 6 heteroatoms. The quantitative estimate of drug-likeness (QED) is 0.919. The van der Waals surface area contributed by atoms with Crippen LogP contribution in [-0.2, 0) is 16.1 Å². The third-order valence-corrected chi connectivity index (χ3v) is 5.18. The molecule has 1 aliphatic carbocycles. The molecule has 24 heavy (non-hydrogen) atoms. The van der Waals surface area contributed by atoms with Gasteiger partial charge in [0.05, 0.1) is 0 Å². The first-order chi connectivity index (χ1) is 11.6. The Morgan fingerprint density at radius 2 is 1.83 bits per heavy atom. The number of carbonyl (C=O) groups is 2. The van der Waals surface area contributed by atoms with Gasteiger partial charge in [0.25, 0.3) is 5.91 Å². The van der Waals surface area contributed by atoms with E-state index in [4.69, 9.17) is 0 Å². The number of aromatic nitrogens is 1. The Morgan fingerprint density at radius 3 is 2.46 bits per heavy atom. The first-order valence-electron chi connectivity index (χ1n) is 8.73. The van der Waals surface area contributed by atoms with Gasteiger partial charge in [-0.15, -0.1) is 0 Å². The Hall–Kier alpha value is -1.98. The van der Waals surface area contributed by atoms with Gasteiger partial charge in [0.2, 0.25) is 5.91 Å². The third-order valence-electron chi connectivity index (χ3n) is 5.18. The first kappa shape index (κ1) is 16.9. The Labute approximate surface area is 141 Å². The fourth-order valence-electron chi connectivity index (χ4n) is 3.58. The van der Waals surface area contributed by atoms with Gasteiger partial charge in [0, 0.05) is 50.8 Å². The molecule has 2 heterocycles. The molecule has 1 aromatic heterocycles. The number of alkyl halides is 1. The van der Waals surface area contributed by atoms with E-state index in [2.05, 4.69) is 10.3 Å². The Bertz CT molecular complexity index is 579. The van der Waals surface area contributed by atoms with Gasteiger partial charge in [0.1, 0.15) is 0 Å². The summed E-state index contributed by atoms with van der Waals surface area (Å²) in [5.74, 6) is -0.323. The highest BCUT2D eigenvalue weighted by Gasteiger charge is 2.43. The largest absolute Gasteiger partial charge is 0.349 e. The highest BCUT2D eigenvalue weighted by atomic mass is 19.1. The Morgan fingerprint density at radius 1 is 1.21 bits per heavy atom. The lowest BCUT2D eigenvalue weighted by Gasteiger charge is -2.36. The van der Waals surface area contributed by atoms with Crippen molar-refractivity contribution < 1.29 is 14.0 Å². The van der Waals surface area contributed by atoms with Crippen LogP contribution < -0.4 is 5.32 Å². The van der Waals surface area contributed by atoms with Gasteiger partial charge in [-0.3, -0.25) is 14.6 Å². The summed E-state index contributed by atoms with van der Waals surface area (Å²) in [5.41, 5.74) is -0.991. The monoisotopic (exact) mass is 333 g/mol. The molecule has 2 amide bonds. The summed E-state index contributed by atoms with van der Waals surface area (Å²) in [6.45, 7) is 0.945. The van der Waals surface area contributed by atoms with E-state index in [9.17, 15) is 14.0 Å². The van der Waals surface area contributed by atoms with Crippen LogP contribution in [0.1, 0.15) is 44.1 Å². The Balaban J connectivity index is 1.50. The van der Waals surface area contributed by atoms with Crippen molar-refractivity contribution >= 4 is 11.8 Å². The van der Waals surface area contributed by atoms with Crippen LogP contribution in [0.25, 0.3) is 0 Å². The number of nitrogens with zero attached hydrogens (tertiary/aromatic N) is 2. The van der Waals surface area contributed by atoms with Crippen molar-refractivity contribution in [1.29, 1.82) is 0 Å². The van der Waals surface area contributed by atoms with Crippen molar-refractivity contribution in [2.24, 2.45) is 5.92 Å². The zero-order valence-electron chi connectivity index (χ0n) is 13.8. The minimum atomic E-state index is -1.88. The summed E-state index contributed by atoms with van der Waals surface area (Å²) < 4.78 is 14.9. The molecular formula is C18H24FN3O2. The van der Waals surface area contributed by atoms with E-state index in [-0.39, 0.29) is 31.2 Å². The number of hydrogen-bond acceptors (Lipinski definition) is 3. The molecule has 1 saturated heterocycles. The van der Waals surface area contributed by atoms with Gasteiger partial charge in [0.15, 0.2) is 5.67 Å². The van der Waals surface area contributed by atoms with Gasteiger partial charge in [-0.2, -0.15) is 0 Å². The van der Waals surface area contributed by atoms with E-state index in [0.29, 0.717) is 13.1 Å². The number of halogens is 1. The molecule has 0 radical (unpaired) electrons. The zero-order chi connectivity index (χ0) is 17.0. The van der Waals surface area contributed by atoms with Crippen molar-refractivity contribution in [2.45, 2.75) is 50.7 Å². The van der Waals surface area contributed by atoms with Crippen LogP contribution in [0.5, 0.6) is 0 Å². The van der Waals surface area contributed by atoms with Crippen LogP contribution >= 0.6 is 0 Å². The maximum atomic E-state index is 14.9. The third kappa shape index (κ3) is 3.74. The molecule has 0 bridgehead atoms. The van der Waals surface area contributed by atoms with Gasteiger partial charge in [-0.25, -0.2) is 4.39 Å². The van der Waals surface area contributed by atoms with Crippen LogP contribution in [0, 0.1) is 5.92 Å². The topological polar surface area (TPSA) is 62.3 Å². The molecule has 0 spiro atoms. The number of nitrogens with one attached hydrogen (secondary N) is 1. The summed E-state index contributed by atoms with van der Waals surface area (Å²) in [6.07, 6.45) is 7.54. The van der Waals surface area contributed by atoms with E-state index < -0.39 is 11.6 Å². The molecular weight excluding hydrogens is 309 g/mol. The van der Waals surface area contributed by atoms with Gasteiger partial charge < -0.3 is 10.2 Å². The maximum absolute atomic E-state index is 14.9. The average Bonchev–Trinajstić information content (AvgIpc) is 3.15. The summed E-state index contributed by atoms with van der Waals surface area (Å²) >= 11 is 0. The predicted octanol–water partition coefficient (Wildman–Crippen LogP) is 2.22. The van der Waals surface area contributed by atoms with E-state index in [0.717, 1.165) is 31.2 Å². The number of rotatable bonds is 4. The second-order valence-corrected chi connectivity index (χ2v) is 6.81. The lowest BCUT2D eigenvalue weighted by Crippen LogP contribution is -2.52. The van der Waals surface area contributed by atoms with E-state index >= 15 is 0 Å². The van der Waals surface area contributed by atoms with Crippen molar-refractivity contribution in [2.75, 3.05) is 13.1 Å². The van der Waals surface area contributed by atoms with Gasteiger partial charge in [-0.1, -0.05) is 12.8 Å². The normalized spacial score (nSPS) is 20.8. The van der Waals surface area contributed by atoms with Crippen LogP contribution in [0.2, 0.25) is 0 Å². The molecule has 1 saturated carbocycles. The lowest BCUT2D eigenvalue weighted by atomic mass is 9.91. The van der Waals surface area contributed by atoms with E-state index in [1.807, 2.05) is 0 Å². The van der Waals surface area contributed by atoms with Crippen molar-refractivity contribution in [3.8, 4) is 0 Å². The van der Waals surface area contributed by atoms with E-state index in [1.165, 1.54) is 0 Å². The maximum Gasteiger partial charge on any atom is 0.258 e. The highest BCUT2D eigenvalue weighted by molar-refractivity contribution is 5.86. The molecule has 1 N–H and O–H groups in total. The molecule has 1 aliphatic heterocycles. The second-order valence-electron chi connectivity index (χ2n) is 6.81. The molecule has 2 fully saturated rings. The summed E-state index contributed by atoms with van der Waals surface area (Å²) in [5, 5.41) is 2.66. The van der Waals surface area contributed by atoms with Crippen molar-refractivity contribution in [1.82, 2.24) is 15.2 Å². The SMILES string of the molecule is O=C(C1CCCC1)N1CCC(F)(C(=O)NCc2ccncc2)CC1. The lowest BCUT2D eigenvalue weighted by molar-refractivity contribution is -0.144. The van der Waals surface area contributed by atoms with Crippen molar-refractivity contribution in [3.05, 3.63) is 30.1 Å². The number of hydrogen-bond donors (Lipinski definition) is 1. The molecule has 0 atom stereocenters. The number of piperidine rings is 1. The standard InChI is InChI=1S/C18H24FN3O2/c19-18(17(24)21-13-14-5-9-20-10-6-14)7-11-22(12-8-18)16(23)15-3-1-2-4-15/h5-6,9-10,15H,1-4,7-8,11-13H2,(H,21,24). The molecule has 5 nitrogen and oxygen atoms in total. The number of amides is 2. The Kier molecular flexibility index (Phi) is 5.11. The van der Waals surface area contributed by atoms with Gasteiger partial charge >= 0.3 is 0 Å². The van der Waals surface area contributed by atoms with Crippen molar-refractivity contribution in [3.63, 3.8) is 0 Å². The summed E-state index contributed by atoms with van der Waals surface area (Å²) in [4.78, 5) is 30.3. The van der Waals surface area contributed by atoms with Crippen LogP contribution in [0.15, 0.2) is 24.5 Å². The second kappa shape index (κ2) is 7.28. The zero-order valence-corrected chi connectivity index (χ0v) is 13.8. The number of carbonyl (C=O) groups excluding carboxylic acids is 2. The minimum absolute atomic E-state index is 0.0770. The molecule has 2 aliphatic rings. The number of pyridine rings is 1. The van der Waals surface area contributed by atoms with E-state index in [1.54, 1.807) is 29.4 Å². The fourth-order valence-corrected chi connectivity index (χ4v) is 3.58. The van der Waals surface area contributed by atoms with Crippen LogP contribution in [0.4, 0.5) is 4.39 Å². The minimum Gasteiger partial charge on any atom is -0.349 e. The number of likely N-dealkylation sites (tertiary alicyclic amines) is 1.